The van der Waals surface area contributed by atoms with Crippen LogP contribution in [0, 0.1) is 6.92 Å². The van der Waals surface area contributed by atoms with Crippen LogP contribution in [0.1, 0.15) is 48.7 Å². The first kappa shape index (κ1) is 53.6. The molecular weight excluding hydrogens is 1020 g/mol. The van der Waals surface area contributed by atoms with Crippen LogP contribution < -0.4 is 19.8 Å². The van der Waals surface area contributed by atoms with Crippen LogP contribution in [-0.2, 0) is 26.4 Å². The lowest BCUT2D eigenvalue weighted by Gasteiger charge is -2.37. The number of alkyl halides is 3. The zero-order chi connectivity index (χ0) is 52.1. The van der Waals surface area contributed by atoms with E-state index in [1.807, 2.05) is 73.7 Å². The third-order valence-electron chi connectivity index (χ3n) is 13.3. The summed E-state index contributed by atoms with van der Waals surface area (Å²) in [6.07, 6.45) is 2.04. The second-order valence-corrected chi connectivity index (χ2v) is 23.4. The number of aliphatic hydroxyl groups excluding tert-OH is 1. The molecule has 13 nitrogen and oxygen atoms in total. The average Bonchev–Trinajstić information content (AvgIpc) is 3.67. The summed E-state index contributed by atoms with van der Waals surface area (Å²) in [7, 11) is -10.6. The van der Waals surface area contributed by atoms with Gasteiger partial charge in [-0.3, -0.25) is 4.72 Å². The number of sulfone groups is 1. The Kier molecular flexibility index (Phi) is 16.8. The molecule has 3 heterocycles. The van der Waals surface area contributed by atoms with Gasteiger partial charge in [0.15, 0.2) is 0 Å². The van der Waals surface area contributed by atoms with E-state index >= 15 is 0 Å². The number of hydrogen-bond acceptors (Lipinski definition) is 11. The fourth-order valence-electron chi connectivity index (χ4n) is 9.47. The second-order valence-electron chi connectivity index (χ2n) is 18.3. The Labute approximate surface area is 433 Å². The van der Waals surface area contributed by atoms with Crippen molar-refractivity contribution in [2.45, 2.75) is 78.4 Å². The zero-order valence-corrected chi connectivity index (χ0v) is 43.6. The lowest BCUT2D eigenvalue weighted by Crippen LogP contribution is -2.46. The fourth-order valence-corrected chi connectivity index (χ4v) is 12.7. The van der Waals surface area contributed by atoms with Crippen molar-refractivity contribution in [1.82, 2.24) is 9.47 Å². The van der Waals surface area contributed by atoms with E-state index in [0.29, 0.717) is 99.7 Å². The number of carboxylic acids is 1. The monoisotopic (exact) mass is 1080 g/mol. The summed E-state index contributed by atoms with van der Waals surface area (Å²) in [5.41, 5.74) is -0.253. The maximum Gasteiger partial charge on any atom is 0.501 e. The third kappa shape index (κ3) is 12.5. The third-order valence-corrected chi connectivity index (χ3v) is 17.7. The topological polar surface area (TPSA) is 165 Å². The smallest absolute Gasteiger partial charge is 0.478 e. The van der Waals surface area contributed by atoms with E-state index in [0.717, 1.165) is 51.6 Å². The number of hydrogen-bond donors (Lipinski definition) is 4. The molecular formula is C53H58ClF3N6O7S3. The van der Waals surface area contributed by atoms with Gasteiger partial charge < -0.3 is 34.8 Å². The highest BCUT2D eigenvalue weighted by Crippen LogP contribution is 2.42. The van der Waals surface area contributed by atoms with Crippen molar-refractivity contribution >= 4 is 71.9 Å². The minimum absolute atomic E-state index is 0.117. The number of anilines is 4. The molecule has 5 aromatic carbocycles. The number of carboxylic acid groups (broad SMARTS) is 1. The van der Waals surface area contributed by atoms with Gasteiger partial charge in [-0.05, 0) is 123 Å². The molecule has 1 aromatic heterocycles. The fraction of sp³-hybridized carbons (Fsp3) is 0.340. The van der Waals surface area contributed by atoms with Crippen LogP contribution in [0.15, 0.2) is 136 Å². The first-order valence-corrected chi connectivity index (χ1v) is 28.4. The van der Waals surface area contributed by atoms with E-state index in [-0.39, 0.29) is 23.0 Å². The minimum atomic E-state index is -6.03. The molecule has 0 unspecified atom stereocenters. The number of thioether (sulfide) groups is 1. The first-order valence-electron chi connectivity index (χ1n) is 24.1. The van der Waals surface area contributed by atoms with Gasteiger partial charge in [0.05, 0.1) is 27.9 Å². The molecule has 0 bridgehead atoms. The molecule has 1 atom stereocenters. The number of piperazine rings is 1. The summed E-state index contributed by atoms with van der Waals surface area (Å²) in [4.78, 5) is 18.4. The quantitative estimate of drug-likeness (QED) is 0.0569. The van der Waals surface area contributed by atoms with Gasteiger partial charge in [-0.15, -0.1) is 11.8 Å². The van der Waals surface area contributed by atoms with Crippen molar-refractivity contribution < 1.29 is 45.0 Å². The molecule has 388 valence electrons. The summed E-state index contributed by atoms with van der Waals surface area (Å²) in [6, 6.07) is 33.4. The van der Waals surface area contributed by atoms with Crippen molar-refractivity contribution in [3.05, 3.63) is 138 Å². The Morgan fingerprint density at radius 1 is 0.795 bits per heavy atom. The number of nitrogens with zero attached hydrogens (tertiary/aromatic N) is 4. The number of carbonyl (C=O) groups is 1. The van der Waals surface area contributed by atoms with Crippen LogP contribution >= 0.6 is 23.4 Å². The van der Waals surface area contributed by atoms with Gasteiger partial charge in [0.2, 0.25) is 0 Å². The first-order chi connectivity index (χ1) is 34.8. The van der Waals surface area contributed by atoms with Crippen LogP contribution in [0.3, 0.4) is 0 Å². The van der Waals surface area contributed by atoms with Gasteiger partial charge >= 0.3 is 11.5 Å². The molecule has 2 fully saturated rings. The molecule has 6 aromatic rings. The van der Waals surface area contributed by atoms with Crippen LogP contribution in [0.2, 0.25) is 5.02 Å². The van der Waals surface area contributed by atoms with Crippen molar-refractivity contribution in [3.63, 3.8) is 0 Å². The molecule has 2 aliphatic heterocycles. The van der Waals surface area contributed by atoms with Gasteiger partial charge in [-0.1, -0.05) is 61.0 Å². The number of aliphatic hydroxyl groups is 1. The van der Waals surface area contributed by atoms with E-state index in [2.05, 4.69) is 36.2 Å². The van der Waals surface area contributed by atoms with Crippen LogP contribution in [-0.4, -0.2) is 112 Å². The van der Waals surface area contributed by atoms with Crippen molar-refractivity contribution in [3.8, 4) is 22.4 Å². The number of rotatable bonds is 19. The Bertz CT molecular complexity index is 3110. The number of sulfonamides is 1. The van der Waals surface area contributed by atoms with Crippen LogP contribution in [0.4, 0.5) is 35.9 Å². The largest absolute Gasteiger partial charge is 0.501 e. The summed E-state index contributed by atoms with van der Waals surface area (Å²) in [5, 5.41) is 24.1. The molecule has 2 aliphatic rings. The maximum absolute atomic E-state index is 14.3. The number of halogens is 4. The zero-order valence-electron chi connectivity index (χ0n) is 40.4. The molecule has 0 saturated carbocycles. The van der Waals surface area contributed by atoms with E-state index in [1.165, 1.54) is 23.9 Å². The Morgan fingerprint density at radius 3 is 2.08 bits per heavy atom. The van der Waals surface area contributed by atoms with Gasteiger partial charge in [-0.2, -0.15) is 13.2 Å². The number of piperidine rings is 1. The van der Waals surface area contributed by atoms with Crippen LogP contribution in [0.5, 0.6) is 0 Å². The lowest BCUT2D eigenvalue weighted by molar-refractivity contribution is -0.0436. The summed E-state index contributed by atoms with van der Waals surface area (Å²) >= 11 is 7.70. The predicted molar refractivity (Wildman–Crippen MR) is 285 cm³/mol. The van der Waals surface area contributed by atoms with Gasteiger partial charge in [-0.25, -0.2) is 21.6 Å². The SMILES string of the molecule is CCCn1c(C)c(C(=O)O)c(-c2cccc(N3CCN(c4ccc(NS(=O)(=O)c5ccc(N[C@H](CCN6CCC(O)CC6)CSc6ccccc6)c(S(=O)(=O)C(F)(F)F)c5)cc4)CC3)c2)c1-c1ccc(Cl)cc1. The number of benzene rings is 5. The van der Waals surface area contributed by atoms with E-state index in [9.17, 15) is 45.0 Å². The molecule has 0 amide bonds. The maximum atomic E-state index is 14.3. The molecule has 0 aliphatic carbocycles. The Hall–Kier alpha value is -5.70. The van der Waals surface area contributed by atoms with Crippen LogP contribution in [0.25, 0.3) is 22.4 Å². The second kappa shape index (κ2) is 22.8. The Morgan fingerprint density at radius 2 is 1.45 bits per heavy atom. The number of likely N-dealkylation sites (tertiary alicyclic amines) is 1. The predicted octanol–water partition coefficient (Wildman–Crippen LogP) is 10.7. The molecule has 0 spiro atoms. The standard InChI is InChI=1S/C53H58ClF3N6O7S3/c1-3-25-63-36(2)49(52(65)66)50(51(63)37-12-14-39(54)15-13-37)38-8-7-9-43(33-38)62-31-29-61(30-32-62)42-18-16-40(17-19-42)59-73(69,70)46-20-21-47(48(34-46)72(67,68)53(55,56)57)58-41(35-71-45-10-5-4-6-11-45)22-26-60-27-23-44(64)24-28-60/h4-21,33-34,41,44,58-59,64H,3,22-32,35H2,1-2H3,(H,65,66)/t41-/m1/s1. The number of aromatic nitrogens is 1. The normalized spacial score (nSPS) is 15.6. The molecule has 2 saturated heterocycles. The van der Waals surface area contributed by atoms with E-state index in [1.54, 1.807) is 24.3 Å². The highest BCUT2D eigenvalue weighted by Gasteiger charge is 2.48. The molecule has 20 heteroatoms. The summed E-state index contributed by atoms with van der Waals surface area (Å²) in [6.45, 7) is 8.79. The van der Waals surface area contributed by atoms with Crippen molar-refractivity contribution in [1.29, 1.82) is 0 Å². The highest BCUT2D eigenvalue weighted by molar-refractivity contribution is 7.99. The molecule has 73 heavy (non-hydrogen) atoms. The minimum Gasteiger partial charge on any atom is -0.478 e. The van der Waals surface area contributed by atoms with Gasteiger partial charge in [0.1, 0.15) is 4.90 Å². The summed E-state index contributed by atoms with van der Waals surface area (Å²) in [5.74, 6) is -0.643. The Balaban J connectivity index is 0.967. The average molecular weight is 1080 g/mol. The van der Waals surface area contributed by atoms with Gasteiger partial charge in [0.25, 0.3) is 19.9 Å². The summed E-state index contributed by atoms with van der Waals surface area (Å²) < 4.78 is 101. The van der Waals surface area contributed by atoms with Crippen molar-refractivity contribution in [2.75, 3.05) is 71.4 Å². The number of nitrogens with one attached hydrogen (secondary N) is 2. The van der Waals surface area contributed by atoms with E-state index in [4.69, 9.17) is 11.6 Å². The van der Waals surface area contributed by atoms with E-state index < -0.39 is 47.2 Å². The lowest BCUT2D eigenvalue weighted by atomic mass is 9.96. The molecule has 0 radical (unpaired) electrons. The molecule has 8 rings (SSSR count). The molecule has 4 N–H and O–H groups in total. The van der Waals surface area contributed by atoms with Gasteiger partial charge in [0, 0.05) is 102 Å². The highest BCUT2D eigenvalue weighted by atomic mass is 35.5. The number of aromatic carboxylic acids is 1. The van der Waals surface area contributed by atoms with Crippen molar-refractivity contribution in [2.24, 2.45) is 0 Å².